The maximum absolute atomic E-state index is 9.90. The molecule has 102 valence electrons. The van der Waals surface area contributed by atoms with Gasteiger partial charge in [0.2, 0.25) is 0 Å². The highest BCUT2D eigenvalue weighted by molar-refractivity contribution is 7.12. The summed E-state index contributed by atoms with van der Waals surface area (Å²) in [5, 5.41) is 15.3. The van der Waals surface area contributed by atoms with Crippen LogP contribution in [-0.2, 0) is 6.54 Å². The molecular formula is C17H17NOS. The van der Waals surface area contributed by atoms with E-state index in [2.05, 4.69) is 31.3 Å². The van der Waals surface area contributed by atoms with Crippen LogP contribution in [0.15, 0.2) is 42.5 Å². The zero-order chi connectivity index (χ0) is 14.1. The number of benzene rings is 2. The molecule has 2 nitrogen and oxygen atoms in total. The van der Waals surface area contributed by atoms with E-state index in [1.807, 2.05) is 35.6 Å². The molecule has 0 radical (unpaired) electrons. The molecule has 3 heteroatoms. The van der Waals surface area contributed by atoms with Gasteiger partial charge < -0.3 is 10.4 Å². The quantitative estimate of drug-likeness (QED) is 0.721. The highest BCUT2D eigenvalue weighted by Gasteiger charge is 2.06. The SMILES string of the molecule is Cc1cc(CNc2cccc3c(O)cccc23)c(C)s1. The smallest absolute Gasteiger partial charge is 0.123 e. The van der Waals surface area contributed by atoms with Crippen molar-refractivity contribution in [1.82, 2.24) is 0 Å². The molecule has 0 atom stereocenters. The predicted octanol–water partition coefficient (Wildman–Crippen LogP) is 4.84. The molecule has 0 aliphatic heterocycles. The first-order valence-corrected chi connectivity index (χ1v) is 7.47. The molecule has 0 unspecified atom stereocenters. The molecule has 1 aromatic heterocycles. The van der Waals surface area contributed by atoms with Crippen LogP contribution in [0, 0.1) is 13.8 Å². The van der Waals surface area contributed by atoms with Gasteiger partial charge >= 0.3 is 0 Å². The Morgan fingerprint density at radius 2 is 1.80 bits per heavy atom. The number of aryl methyl sites for hydroxylation is 2. The van der Waals surface area contributed by atoms with Crippen molar-refractivity contribution in [3.63, 3.8) is 0 Å². The number of phenolic OH excluding ortho intramolecular Hbond substituents is 1. The van der Waals surface area contributed by atoms with Gasteiger partial charge in [-0.05, 0) is 37.6 Å². The molecule has 3 rings (SSSR count). The van der Waals surface area contributed by atoms with E-state index in [9.17, 15) is 5.11 Å². The highest BCUT2D eigenvalue weighted by atomic mass is 32.1. The van der Waals surface area contributed by atoms with E-state index in [1.165, 1.54) is 15.3 Å². The molecule has 0 spiro atoms. The third-order valence-electron chi connectivity index (χ3n) is 3.51. The van der Waals surface area contributed by atoms with E-state index in [1.54, 1.807) is 6.07 Å². The van der Waals surface area contributed by atoms with Crippen LogP contribution < -0.4 is 5.32 Å². The van der Waals surface area contributed by atoms with Crippen molar-refractivity contribution in [3.8, 4) is 5.75 Å². The number of aromatic hydroxyl groups is 1. The van der Waals surface area contributed by atoms with Gasteiger partial charge in [0.1, 0.15) is 5.75 Å². The Morgan fingerprint density at radius 1 is 1.05 bits per heavy atom. The molecule has 0 aliphatic carbocycles. The second kappa shape index (κ2) is 5.17. The van der Waals surface area contributed by atoms with E-state index >= 15 is 0 Å². The maximum Gasteiger partial charge on any atom is 0.123 e. The highest BCUT2D eigenvalue weighted by Crippen LogP contribution is 2.30. The summed E-state index contributed by atoms with van der Waals surface area (Å²) in [5.41, 5.74) is 2.39. The Balaban J connectivity index is 1.92. The summed E-state index contributed by atoms with van der Waals surface area (Å²) >= 11 is 1.83. The van der Waals surface area contributed by atoms with Crippen LogP contribution in [0.5, 0.6) is 5.75 Å². The number of hydrogen-bond donors (Lipinski definition) is 2. The average molecular weight is 283 g/mol. The summed E-state index contributed by atoms with van der Waals surface area (Å²) in [6, 6.07) is 13.8. The van der Waals surface area contributed by atoms with Gasteiger partial charge in [-0.1, -0.05) is 24.3 Å². The van der Waals surface area contributed by atoms with E-state index in [4.69, 9.17) is 0 Å². The number of thiophene rings is 1. The first-order chi connectivity index (χ1) is 9.65. The summed E-state index contributed by atoms with van der Waals surface area (Å²) in [4.78, 5) is 2.70. The first kappa shape index (κ1) is 13.0. The summed E-state index contributed by atoms with van der Waals surface area (Å²) in [7, 11) is 0. The Labute approximate surface area is 122 Å². The van der Waals surface area contributed by atoms with Crippen LogP contribution >= 0.6 is 11.3 Å². The van der Waals surface area contributed by atoms with Crippen LogP contribution in [0.25, 0.3) is 10.8 Å². The van der Waals surface area contributed by atoms with E-state index in [0.717, 1.165) is 23.0 Å². The fourth-order valence-electron chi connectivity index (χ4n) is 2.50. The van der Waals surface area contributed by atoms with Crippen LogP contribution in [0.4, 0.5) is 5.69 Å². The standard InChI is InChI=1S/C17H17NOS/c1-11-9-13(12(2)20-11)10-18-16-7-3-6-15-14(16)5-4-8-17(15)19/h3-9,18-19H,10H2,1-2H3. The minimum atomic E-state index is 0.328. The second-order valence-electron chi connectivity index (χ2n) is 4.97. The van der Waals surface area contributed by atoms with Gasteiger partial charge in [0.15, 0.2) is 0 Å². The number of rotatable bonds is 3. The molecule has 2 aromatic carbocycles. The lowest BCUT2D eigenvalue weighted by Gasteiger charge is -2.10. The zero-order valence-corrected chi connectivity index (χ0v) is 12.4. The maximum atomic E-state index is 9.90. The molecule has 0 saturated carbocycles. The molecule has 0 amide bonds. The lowest BCUT2D eigenvalue weighted by molar-refractivity contribution is 0.481. The average Bonchev–Trinajstić information content (AvgIpc) is 2.75. The van der Waals surface area contributed by atoms with E-state index in [-0.39, 0.29) is 0 Å². The van der Waals surface area contributed by atoms with Crippen molar-refractivity contribution in [1.29, 1.82) is 0 Å². The monoisotopic (exact) mass is 283 g/mol. The Kier molecular flexibility index (Phi) is 3.36. The van der Waals surface area contributed by atoms with Crippen LogP contribution in [0.2, 0.25) is 0 Å². The number of hydrogen-bond acceptors (Lipinski definition) is 3. The molecular weight excluding hydrogens is 266 g/mol. The van der Waals surface area contributed by atoms with Gasteiger partial charge in [-0.15, -0.1) is 11.3 Å². The van der Waals surface area contributed by atoms with Gasteiger partial charge in [-0.3, -0.25) is 0 Å². The van der Waals surface area contributed by atoms with Crippen LogP contribution in [0.1, 0.15) is 15.3 Å². The molecule has 0 bridgehead atoms. The molecule has 3 aromatic rings. The molecule has 1 heterocycles. The summed E-state index contributed by atoms with van der Waals surface area (Å²) in [6.45, 7) is 5.10. The lowest BCUT2D eigenvalue weighted by Crippen LogP contribution is -1.99. The largest absolute Gasteiger partial charge is 0.507 e. The summed E-state index contributed by atoms with van der Waals surface area (Å²) < 4.78 is 0. The first-order valence-electron chi connectivity index (χ1n) is 6.65. The van der Waals surface area contributed by atoms with Crippen molar-refractivity contribution in [2.24, 2.45) is 0 Å². The minimum absolute atomic E-state index is 0.328. The molecule has 2 N–H and O–H groups in total. The molecule has 0 aliphatic rings. The van der Waals surface area contributed by atoms with Crippen LogP contribution in [-0.4, -0.2) is 5.11 Å². The Bertz CT molecular complexity index is 761. The van der Waals surface area contributed by atoms with E-state index < -0.39 is 0 Å². The van der Waals surface area contributed by atoms with Gasteiger partial charge in [-0.25, -0.2) is 0 Å². The fraction of sp³-hybridized carbons (Fsp3) is 0.176. The molecule has 0 fully saturated rings. The fourth-order valence-corrected chi connectivity index (χ4v) is 3.44. The second-order valence-corrected chi connectivity index (χ2v) is 6.43. The van der Waals surface area contributed by atoms with Gasteiger partial charge in [0.05, 0.1) is 0 Å². The van der Waals surface area contributed by atoms with Crippen molar-refractivity contribution in [2.45, 2.75) is 20.4 Å². The van der Waals surface area contributed by atoms with Crippen molar-refractivity contribution < 1.29 is 5.11 Å². The number of phenols is 1. The molecule has 20 heavy (non-hydrogen) atoms. The Morgan fingerprint density at radius 3 is 2.55 bits per heavy atom. The molecule has 0 saturated heterocycles. The Hall–Kier alpha value is -2.00. The van der Waals surface area contributed by atoms with Crippen molar-refractivity contribution in [2.75, 3.05) is 5.32 Å². The van der Waals surface area contributed by atoms with E-state index in [0.29, 0.717) is 5.75 Å². The van der Waals surface area contributed by atoms with Gasteiger partial charge in [-0.2, -0.15) is 0 Å². The van der Waals surface area contributed by atoms with Gasteiger partial charge in [0, 0.05) is 32.8 Å². The normalized spacial score (nSPS) is 10.9. The third kappa shape index (κ3) is 2.37. The minimum Gasteiger partial charge on any atom is -0.507 e. The van der Waals surface area contributed by atoms with Crippen molar-refractivity contribution >= 4 is 27.8 Å². The summed E-state index contributed by atoms with van der Waals surface area (Å²) in [6.07, 6.45) is 0. The summed E-state index contributed by atoms with van der Waals surface area (Å²) in [5.74, 6) is 0.328. The van der Waals surface area contributed by atoms with Crippen molar-refractivity contribution in [3.05, 3.63) is 57.8 Å². The van der Waals surface area contributed by atoms with Crippen LogP contribution in [0.3, 0.4) is 0 Å². The number of anilines is 1. The number of fused-ring (bicyclic) bond motifs is 1. The topological polar surface area (TPSA) is 32.3 Å². The predicted molar refractivity (Wildman–Crippen MR) is 86.7 cm³/mol. The third-order valence-corrected chi connectivity index (χ3v) is 4.52. The number of nitrogens with one attached hydrogen (secondary N) is 1. The lowest BCUT2D eigenvalue weighted by atomic mass is 10.1. The zero-order valence-electron chi connectivity index (χ0n) is 11.6. The van der Waals surface area contributed by atoms with Gasteiger partial charge in [0.25, 0.3) is 0 Å².